The summed E-state index contributed by atoms with van der Waals surface area (Å²) in [6.45, 7) is 0. The van der Waals surface area contributed by atoms with Gasteiger partial charge in [-0.15, -0.1) is 0 Å². The summed E-state index contributed by atoms with van der Waals surface area (Å²) in [7, 11) is 1.28. The van der Waals surface area contributed by atoms with Gasteiger partial charge in [-0.1, -0.05) is 0 Å². The van der Waals surface area contributed by atoms with Crippen LogP contribution in [0.1, 0.15) is 10.4 Å². The van der Waals surface area contributed by atoms with E-state index in [-0.39, 0.29) is 11.4 Å². The topological polar surface area (TPSA) is 93.9 Å². The monoisotopic (exact) mass is 218 g/mol. The van der Waals surface area contributed by atoms with Gasteiger partial charge in [-0.2, -0.15) is 0 Å². The van der Waals surface area contributed by atoms with E-state index in [9.17, 15) is 4.79 Å². The zero-order valence-electron chi connectivity index (χ0n) is 8.60. The van der Waals surface area contributed by atoms with Crippen LogP contribution in [0.4, 0.5) is 5.82 Å². The number of nitrogens with two attached hydrogens (primary N) is 1. The molecule has 0 saturated carbocycles. The Hall–Kier alpha value is -2.37. The van der Waals surface area contributed by atoms with E-state index in [2.05, 4.69) is 19.7 Å². The van der Waals surface area contributed by atoms with Gasteiger partial charge in [-0.3, -0.25) is 0 Å². The van der Waals surface area contributed by atoms with Crippen molar-refractivity contribution in [3.05, 3.63) is 30.1 Å². The molecule has 0 aliphatic carbocycles. The Morgan fingerprint density at radius 3 is 2.94 bits per heavy atom. The highest BCUT2D eigenvalue weighted by Crippen LogP contribution is 2.15. The number of aromatic amines is 1. The van der Waals surface area contributed by atoms with E-state index < -0.39 is 5.97 Å². The van der Waals surface area contributed by atoms with Gasteiger partial charge in [0.15, 0.2) is 5.82 Å². The molecule has 82 valence electrons. The summed E-state index contributed by atoms with van der Waals surface area (Å²) in [6.07, 6.45) is 3.10. The average Bonchev–Trinajstić information content (AvgIpc) is 2.81. The molecule has 2 aromatic heterocycles. The lowest BCUT2D eigenvalue weighted by Gasteiger charge is -2.03. The number of methoxy groups -OCH3 is 1. The summed E-state index contributed by atoms with van der Waals surface area (Å²) < 4.78 is 4.54. The maximum Gasteiger partial charge on any atom is 0.343 e. The van der Waals surface area contributed by atoms with Crippen LogP contribution in [-0.4, -0.2) is 28.0 Å². The van der Waals surface area contributed by atoms with Crippen molar-refractivity contribution in [3.63, 3.8) is 0 Å². The fourth-order valence-corrected chi connectivity index (χ4v) is 1.26. The molecule has 2 rings (SSSR count). The number of carbonyl (C=O) groups excluding carboxylic acids is 1. The summed E-state index contributed by atoms with van der Waals surface area (Å²) >= 11 is 0. The number of esters is 1. The minimum Gasteiger partial charge on any atom is -0.465 e. The number of carbonyl (C=O) groups is 1. The average molecular weight is 218 g/mol. The van der Waals surface area contributed by atoms with Crippen LogP contribution in [0.5, 0.6) is 0 Å². The van der Waals surface area contributed by atoms with Gasteiger partial charge in [-0.05, 0) is 12.1 Å². The van der Waals surface area contributed by atoms with Crippen molar-refractivity contribution < 1.29 is 9.53 Å². The largest absolute Gasteiger partial charge is 0.465 e. The van der Waals surface area contributed by atoms with E-state index >= 15 is 0 Å². The van der Waals surface area contributed by atoms with E-state index in [4.69, 9.17) is 5.73 Å². The number of nitrogens with one attached hydrogen (secondary N) is 1. The first kappa shape index (κ1) is 10.2. The highest BCUT2D eigenvalue weighted by atomic mass is 16.5. The number of aromatic nitrogens is 3. The molecule has 0 fully saturated rings. The van der Waals surface area contributed by atoms with Crippen molar-refractivity contribution in [1.82, 2.24) is 15.0 Å². The minimum atomic E-state index is -0.546. The molecule has 6 nitrogen and oxygen atoms in total. The Morgan fingerprint density at radius 2 is 2.38 bits per heavy atom. The molecular formula is C10H10N4O2. The minimum absolute atomic E-state index is 0.103. The standard InChI is InChI=1S/C10H10N4O2/c1-16-10(15)6-5-13-9(14-8(6)11)7-3-2-4-12-7/h2-5,12H,1H3,(H2,11,13,14). The van der Waals surface area contributed by atoms with Crippen LogP contribution in [0.15, 0.2) is 24.5 Å². The first-order chi connectivity index (χ1) is 7.72. The third kappa shape index (κ3) is 1.72. The molecule has 0 aliphatic heterocycles. The second-order valence-electron chi connectivity index (χ2n) is 3.07. The molecule has 0 bridgehead atoms. The number of H-pyrrole nitrogens is 1. The first-order valence-corrected chi connectivity index (χ1v) is 4.57. The third-order valence-corrected chi connectivity index (χ3v) is 2.06. The van der Waals surface area contributed by atoms with Crippen molar-refractivity contribution in [2.24, 2.45) is 0 Å². The van der Waals surface area contributed by atoms with E-state index in [1.165, 1.54) is 13.3 Å². The van der Waals surface area contributed by atoms with E-state index in [1.54, 1.807) is 6.20 Å². The van der Waals surface area contributed by atoms with Crippen molar-refractivity contribution >= 4 is 11.8 Å². The van der Waals surface area contributed by atoms with E-state index in [1.807, 2.05) is 12.1 Å². The van der Waals surface area contributed by atoms with Gasteiger partial charge in [0.2, 0.25) is 0 Å². The quantitative estimate of drug-likeness (QED) is 0.728. The van der Waals surface area contributed by atoms with Crippen molar-refractivity contribution in [2.75, 3.05) is 12.8 Å². The van der Waals surface area contributed by atoms with Crippen molar-refractivity contribution in [3.8, 4) is 11.5 Å². The van der Waals surface area contributed by atoms with Crippen molar-refractivity contribution in [1.29, 1.82) is 0 Å². The maximum atomic E-state index is 11.2. The second kappa shape index (κ2) is 4.01. The maximum absolute atomic E-state index is 11.2. The Labute approximate surface area is 91.5 Å². The lowest BCUT2D eigenvalue weighted by molar-refractivity contribution is 0.0601. The highest BCUT2D eigenvalue weighted by Gasteiger charge is 2.13. The third-order valence-electron chi connectivity index (χ3n) is 2.06. The van der Waals surface area contributed by atoms with E-state index in [0.717, 1.165) is 5.69 Å². The van der Waals surface area contributed by atoms with Gasteiger partial charge in [-0.25, -0.2) is 14.8 Å². The predicted octanol–water partition coefficient (Wildman–Crippen LogP) is 0.840. The molecule has 0 amide bonds. The highest BCUT2D eigenvalue weighted by molar-refractivity contribution is 5.93. The smallest absolute Gasteiger partial charge is 0.343 e. The molecule has 3 N–H and O–H groups in total. The van der Waals surface area contributed by atoms with Crippen molar-refractivity contribution in [2.45, 2.75) is 0 Å². The van der Waals surface area contributed by atoms with Crippen LogP contribution in [0.25, 0.3) is 11.5 Å². The molecule has 0 aromatic carbocycles. The van der Waals surface area contributed by atoms with Gasteiger partial charge < -0.3 is 15.5 Å². The fourth-order valence-electron chi connectivity index (χ4n) is 1.26. The van der Waals surface area contributed by atoms with Crippen LogP contribution in [-0.2, 0) is 4.74 Å². The zero-order chi connectivity index (χ0) is 11.5. The normalized spacial score (nSPS) is 10.1. The molecule has 0 aliphatic rings. The lowest BCUT2D eigenvalue weighted by atomic mass is 10.3. The fraction of sp³-hybridized carbons (Fsp3) is 0.100. The molecule has 6 heteroatoms. The van der Waals surface area contributed by atoms with Crippen LogP contribution < -0.4 is 5.73 Å². The summed E-state index contributed by atoms with van der Waals surface area (Å²) in [5.41, 5.74) is 6.54. The predicted molar refractivity (Wildman–Crippen MR) is 57.6 cm³/mol. The number of hydrogen-bond acceptors (Lipinski definition) is 5. The van der Waals surface area contributed by atoms with Gasteiger partial charge >= 0.3 is 5.97 Å². The lowest BCUT2D eigenvalue weighted by Crippen LogP contribution is -2.09. The Bertz CT molecular complexity index is 508. The Balaban J connectivity index is 2.41. The van der Waals surface area contributed by atoms with Crippen LogP contribution >= 0.6 is 0 Å². The SMILES string of the molecule is COC(=O)c1cnc(-c2ccc[nH]2)nc1N. The zero-order valence-corrected chi connectivity index (χ0v) is 8.60. The molecule has 0 radical (unpaired) electrons. The number of anilines is 1. The molecule has 0 saturated heterocycles. The summed E-state index contributed by atoms with van der Waals surface area (Å²) in [4.78, 5) is 22.2. The molecule has 2 heterocycles. The summed E-state index contributed by atoms with van der Waals surface area (Å²) in [6, 6.07) is 3.63. The molecule has 16 heavy (non-hydrogen) atoms. The van der Waals surface area contributed by atoms with Crippen LogP contribution in [0, 0.1) is 0 Å². The van der Waals surface area contributed by atoms with Gasteiger partial charge in [0.1, 0.15) is 11.4 Å². The van der Waals surface area contributed by atoms with Gasteiger partial charge in [0, 0.05) is 12.4 Å². The summed E-state index contributed by atoms with van der Waals surface area (Å²) in [5.74, 6) is -0.00265. The van der Waals surface area contributed by atoms with E-state index in [0.29, 0.717) is 5.82 Å². The first-order valence-electron chi connectivity index (χ1n) is 4.57. The summed E-state index contributed by atoms with van der Waals surface area (Å²) in [5, 5.41) is 0. The van der Waals surface area contributed by atoms with Gasteiger partial charge in [0.25, 0.3) is 0 Å². The molecule has 0 unspecified atom stereocenters. The number of hydrogen-bond donors (Lipinski definition) is 2. The number of nitrogen functional groups attached to an aromatic ring is 1. The molecule has 0 spiro atoms. The second-order valence-corrected chi connectivity index (χ2v) is 3.07. The number of ether oxygens (including phenoxy) is 1. The van der Waals surface area contributed by atoms with Crippen LogP contribution in [0.3, 0.4) is 0 Å². The molecule has 0 atom stereocenters. The Kier molecular flexibility index (Phi) is 2.55. The Morgan fingerprint density at radius 1 is 1.56 bits per heavy atom. The molecular weight excluding hydrogens is 208 g/mol. The molecule has 2 aromatic rings. The number of nitrogens with zero attached hydrogens (tertiary/aromatic N) is 2. The number of rotatable bonds is 2. The van der Waals surface area contributed by atoms with Crippen LogP contribution in [0.2, 0.25) is 0 Å². The van der Waals surface area contributed by atoms with Gasteiger partial charge in [0.05, 0.1) is 12.8 Å².